The number of alkyl halides is 3. The van der Waals surface area contributed by atoms with E-state index in [1.807, 2.05) is 38.1 Å². The van der Waals surface area contributed by atoms with E-state index in [0.717, 1.165) is 17.7 Å². The van der Waals surface area contributed by atoms with Crippen LogP contribution in [-0.4, -0.2) is 25.9 Å². The van der Waals surface area contributed by atoms with Crippen molar-refractivity contribution in [1.82, 2.24) is 5.32 Å². The van der Waals surface area contributed by atoms with Gasteiger partial charge in [0.2, 0.25) is 0 Å². The van der Waals surface area contributed by atoms with Crippen molar-refractivity contribution < 1.29 is 17.9 Å². The zero-order valence-electron chi connectivity index (χ0n) is 11.3. The summed E-state index contributed by atoms with van der Waals surface area (Å²) >= 11 is 0. The first-order valence-electron chi connectivity index (χ1n) is 6.37. The topological polar surface area (TPSA) is 21.3 Å². The van der Waals surface area contributed by atoms with Gasteiger partial charge in [0.15, 0.2) is 0 Å². The lowest BCUT2D eigenvalue weighted by Gasteiger charge is -2.20. The van der Waals surface area contributed by atoms with Gasteiger partial charge in [0.25, 0.3) is 0 Å². The Hall–Kier alpha value is -1.07. The number of likely N-dealkylation sites (N-methyl/N-ethyl adjacent to an activating group) is 1. The molecule has 1 aromatic carbocycles. The van der Waals surface area contributed by atoms with E-state index in [1.54, 1.807) is 0 Å². The predicted molar refractivity (Wildman–Crippen MR) is 69.1 cm³/mol. The van der Waals surface area contributed by atoms with Crippen LogP contribution in [0.15, 0.2) is 24.3 Å². The van der Waals surface area contributed by atoms with E-state index >= 15 is 0 Å². The third-order valence-electron chi connectivity index (χ3n) is 2.83. The number of aryl methyl sites for hydroxylation is 1. The summed E-state index contributed by atoms with van der Waals surface area (Å²) in [5, 5.41) is 3.23. The van der Waals surface area contributed by atoms with Gasteiger partial charge < -0.3 is 10.1 Å². The van der Waals surface area contributed by atoms with Crippen molar-refractivity contribution in [3.8, 4) is 0 Å². The smallest absolute Gasteiger partial charge is 0.379 e. The zero-order valence-corrected chi connectivity index (χ0v) is 11.3. The summed E-state index contributed by atoms with van der Waals surface area (Å²) in [6.45, 7) is 4.63. The molecule has 1 aromatic rings. The summed E-state index contributed by atoms with van der Waals surface area (Å²) in [7, 11) is 0. The van der Waals surface area contributed by atoms with Gasteiger partial charge in [-0.15, -0.1) is 0 Å². The molecule has 0 aliphatic rings. The van der Waals surface area contributed by atoms with Crippen LogP contribution in [0.25, 0.3) is 0 Å². The molecule has 2 nitrogen and oxygen atoms in total. The van der Waals surface area contributed by atoms with Crippen LogP contribution in [-0.2, 0) is 4.74 Å². The van der Waals surface area contributed by atoms with Crippen LogP contribution in [0.4, 0.5) is 13.2 Å². The minimum Gasteiger partial charge on any atom is -0.379 e. The molecule has 19 heavy (non-hydrogen) atoms. The van der Waals surface area contributed by atoms with Gasteiger partial charge in [-0.1, -0.05) is 31.2 Å². The van der Waals surface area contributed by atoms with E-state index < -0.39 is 12.6 Å². The maximum Gasteiger partial charge on any atom is 0.391 e. The molecule has 0 saturated heterocycles. The maximum atomic E-state index is 12.0. The SMILES string of the molecule is CCNC(COCCC(F)(F)F)c1ccccc1C. The molecular weight excluding hydrogens is 255 g/mol. The van der Waals surface area contributed by atoms with Crippen molar-refractivity contribution in [3.63, 3.8) is 0 Å². The number of ether oxygens (including phenoxy) is 1. The Morgan fingerprint density at radius 1 is 1.26 bits per heavy atom. The van der Waals surface area contributed by atoms with E-state index in [2.05, 4.69) is 5.32 Å². The molecular formula is C14H20F3NO. The van der Waals surface area contributed by atoms with Gasteiger partial charge in [0.1, 0.15) is 0 Å². The van der Waals surface area contributed by atoms with Crippen LogP contribution < -0.4 is 5.32 Å². The molecule has 0 spiro atoms. The Balaban J connectivity index is 2.52. The Morgan fingerprint density at radius 2 is 1.95 bits per heavy atom. The quantitative estimate of drug-likeness (QED) is 0.767. The van der Waals surface area contributed by atoms with Crippen LogP contribution in [0.5, 0.6) is 0 Å². The predicted octanol–water partition coefficient (Wildman–Crippen LogP) is 3.61. The molecule has 1 atom stereocenters. The van der Waals surface area contributed by atoms with Crippen LogP contribution in [0, 0.1) is 6.92 Å². The highest BCUT2D eigenvalue weighted by Crippen LogP contribution is 2.21. The number of benzene rings is 1. The summed E-state index contributed by atoms with van der Waals surface area (Å²) in [4.78, 5) is 0. The highest BCUT2D eigenvalue weighted by atomic mass is 19.4. The van der Waals surface area contributed by atoms with Crippen molar-refractivity contribution in [1.29, 1.82) is 0 Å². The molecule has 0 saturated carbocycles. The third-order valence-corrected chi connectivity index (χ3v) is 2.83. The minimum absolute atomic E-state index is 0.0700. The number of nitrogens with one attached hydrogen (secondary N) is 1. The average Bonchev–Trinajstić information content (AvgIpc) is 2.33. The summed E-state index contributed by atoms with van der Waals surface area (Å²) in [6, 6.07) is 7.74. The fraction of sp³-hybridized carbons (Fsp3) is 0.571. The fourth-order valence-corrected chi connectivity index (χ4v) is 1.87. The maximum absolute atomic E-state index is 12.0. The molecule has 0 amide bonds. The summed E-state index contributed by atoms with van der Waals surface area (Å²) in [5.74, 6) is 0. The lowest BCUT2D eigenvalue weighted by atomic mass is 10.0. The normalized spacial score (nSPS) is 13.5. The first-order valence-corrected chi connectivity index (χ1v) is 6.37. The molecule has 0 aliphatic heterocycles. The first kappa shape index (κ1) is 16.0. The van der Waals surface area contributed by atoms with E-state index in [0.29, 0.717) is 0 Å². The van der Waals surface area contributed by atoms with E-state index in [9.17, 15) is 13.2 Å². The highest BCUT2D eigenvalue weighted by Gasteiger charge is 2.26. The lowest BCUT2D eigenvalue weighted by Crippen LogP contribution is -2.26. The zero-order chi connectivity index (χ0) is 14.3. The summed E-state index contributed by atoms with van der Waals surface area (Å²) < 4.78 is 41.2. The molecule has 108 valence electrons. The lowest BCUT2D eigenvalue weighted by molar-refractivity contribution is -0.145. The Bertz CT molecular complexity index is 379. The number of hydrogen-bond acceptors (Lipinski definition) is 2. The van der Waals surface area contributed by atoms with Gasteiger partial charge in [-0.05, 0) is 24.6 Å². The molecule has 0 aromatic heterocycles. The number of halogens is 3. The molecule has 0 radical (unpaired) electrons. The molecule has 5 heteroatoms. The van der Waals surface area contributed by atoms with Gasteiger partial charge in [-0.3, -0.25) is 0 Å². The highest BCUT2D eigenvalue weighted by molar-refractivity contribution is 5.28. The van der Waals surface area contributed by atoms with Crippen molar-refractivity contribution in [2.45, 2.75) is 32.5 Å². The molecule has 1 unspecified atom stereocenters. The van der Waals surface area contributed by atoms with E-state index in [1.165, 1.54) is 0 Å². The molecule has 0 heterocycles. The van der Waals surface area contributed by atoms with E-state index in [-0.39, 0.29) is 19.3 Å². The molecule has 1 N–H and O–H groups in total. The largest absolute Gasteiger partial charge is 0.391 e. The van der Waals surface area contributed by atoms with Crippen LogP contribution in [0.2, 0.25) is 0 Å². The third kappa shape index (κ3) is 6.07. The van der Waals surface area contributed by atoms with Crippen molar-refractivity contribution in [2.24, 2.45) is 0 Å². The molecule has 0 aliphatic carbocycles. The summed E-state index contributed by atoms with van der Waals surface area (Å²) in [5.41, 5.74) is 2.17. The second-order valence-corrected chi connectivity index (χ2v) is 4.41. The van der Waals surface area contributed by atoms with Gasteiger partial charge in [-0.2, -0.15) is 13.2 Å². The second-order valence-electron chi connectivity index (χ2n) is 4.41. The first-order chi connectivity index (χ1) is 8.94. The Labute approximate surface area is 112 Å². The van der Waals surface area contributed by atoms with Gasteiger partial charge in [0.05, 0.1) is 25.7 Å². The number of rotatable bonds is 7. The summed E-state index contributed by atoms with van der Waals surface area (Å²) in [6.07, 6.45) is -5.06. The van der Waals surface area contributed by atoms with E-state index in [4.69, 9.17) is 4.74 Å². The molecule has 0 bridgehead atoms. The van der Waals surface area contributed by atoms with Crippen molar-refractivity contribution >= 4 is 0 Å². The van der Waals surface area contributed by atoms with Gasteiger partial charge in [0, 0.05) is 0 Å². The second kappa shape index (κ2) is 7.50. The molecule has 0 fully saturated rings. The van der Waals surface area contributed by atoms with Crippen LogP contribution in [0.3, 0.4) is 0 Å². The number of hydrogen-bond donors (Lipinski definition) is 1. The monoisotopic (exact) mass is 275 g/mol. The van der Waals surface area contributed by atoms with Gasteiger partial charge >= 0.3 is 6.18 Å². The van der Waals surface area contributed by atoms with Crippen molar-refractivity contribution in [2.75, 3.05) is 19.8 Å². The molecule has 1 rings (SSSR count). The standard InChI is InChI=1S/C14H20F3NO/c1-3-18-13(10-19-9-8-14(15,16)17)12-7-5-4-6-11(12)2/h4-7,13,18H,3,8-10H2,1-2H3. The van der Waals surface area contributed by atoms with Crippen molar-refractivity contribution in [3.05, 3.63) is 35.4 Å². The van der Waals surface area contributed by atoms with Gasteiger partial charge in [-0.25, -0.2) is 0 Å². The van der Waals surface area contributed by atoms with Crippen LogP contribution in [0.1, 0.15) is 30.5 Å². The minimum atomic E-state index is -4.16. The fourth-order valence-electron chi connectivity index (χ4n) is 1.87. The average molecular weight is 275 g/mol. The Morgan fingerprint density at radius 3 is 2.53 bits per heavy atom. The Kier molecular flexibility index (Phi) is 6.31. The van der Waals surface area contributed by atoms with Crippen LogP contribution >= 0.6 is 0 Å².